The first-order valence-electron chi connectivity index (χ1n) is 21.4. The first-order valence-corrected chi connectivity index (χ1v) is 22.8. The molecule has 332 valence electrons. The number of likely N-dealkylation sites (tertiary alicyclic amines) is 1. The van der Waals surface area contributed by atoms with Gasteiger partial charge >= 0.3 is 10.2 Å². The Bertz CT molecular complexity index is 2660. The summed E-state index contributed by atoms with van der Waals surface area (Å²) in [6, 6.07) is 12.8. The Morgan fingerprint density at radius 1 is 0.937 bits per heavy atom. The van der Waals surface area contributed by atoms with Crippen molar-refractivity contribution < 1.29 is 40.7 Å². The Morgan fingerprint density at radius 2 is 1.73 bits per heavy atom. The van der Waals surface area contributed by atoms with Crippen LogP contribution in [0.25, 0.3) is 10.9 Å². The molecule has 1 aromatic heterocycles. The minimum absolute atomic E-state index is 0.0253. The van der Waals surface area contributed by atoms with E-state index in [4.69, 9.17) is 9.47 Å². The molecule has 1 aliphatic carbocycles. The van der Waals surface area contributed by atoms with Crippen molar-refractivity contribution in [3.8, 4) is 17.6 Å². The third-order valence-electron chi connectivity index (χ3n) is 13.4. The quantitative estimate of drug-likeness (QED) is 0.164. The standard InChI is InChI=1S/C44H47F3N8O7S/c45-27-13-16-54(23-27)63(59,60)52-38-10-8-35(46)41(34(38)22-48)62-31-6-9-37-33(20-31)43(58)55(25-49-37)30-21-44(61-24-30)14-17-53(18-15-44)29-4-1-26(2-5-29)32-7-3-28(19-36(32)47)50-39-11-12-40(56)51-42(39)57/h3,6-10,19-20,25-27,29-30,39,50,52H,1-2,4-5,11-18,21,23-24H2,(H,51,56,57). The van der Waals surface area contributed by atoms with E-state index < -0.39 is 51.1 Å². The van der Waals surface area contributed by atoms with Crippen LogP contribution in [0.1, 0.15) is 87.3 Å². The molecule has 3 aromatic carbocycles. The molecule has 4 aliphatic heterocycles. The molecule has 63 heavy (non-hydrogen) atoms. The number of hydrogen-bond donors (Lipinski definition) is 3. The maximum Gasteiger partial charge on any atom is 0.301 e. The van der Waals surface area contributed by atoms with Gasteiger partial charge in [-0.15, -0.1) is 0 Å². The monoisotopic (exact) mass is 888 g/mol. The molecular formula is C44H47F3N8O7S. The third kappa shape index (κ3) is 8.73. The summed E-state index contributed by atoms with van der Waals surface area (Å²) in [4.78, 5) is 44.6. The van der Waals surface area contributed by atoms with Gasteiger partial charge in [0.1, 0.15) is 35.4 Å². The second-order valence-electron chi connectivity index (χ2n) is 17.3. The molecule has 0 radical (unpaired) electrons. The second-order valence-corrected chi connectivity index (χ2v) is 18.9. The smallest absolute Gasteiger partial charge is 0.301 e. The Balaban J connectivity index is 0.811. The number of anilines is 2. The van der Waals surface area contributed by atoms with Gasteiger partial charge in [0.15, 0.2) is 11.6 Å². The predicted octanol–water partition coefficient (Wildman–Crippen LogP) is 5.78. The molecule has 5 heterocycles. The van der Waals surface area contributed by atoms with Crippen molar-refractivity contribution in [1.29, 1.82) is 5.26 Å². The number of imide groups is 1. The summed E-state index contributed by atoms with van der Waals surface area (Å²) in [5.74, 6) is -2.35. The maximum absolute atomic E-state index is 15.4. The van der Waals surface area contributed by atoms with Gasteiger partial charge in [0.2, 0.25) is 11.8 Å². The summed E-state index contributed by atoms with van der Waals surface area (Å²) >= 11 is 0. The molecule has 2 amide bonds. The zero-order chi connectivity index (χ0) is 44.0. The lowest BCUT2D eigenvalue weighted by atomic mass is 9.79. The fraction of sp³-hybridized carbons (Fsp3) is 0.477. The van der Waals surface area contributed by atoms with Crippen molar-refractivity contribution in [2.75, 3.05) is 42.8 Å². The number of nitrogens with zero attached hydrogens (tertiary/aromatic N) is 5. The van der Waals surface area contributed by atoms with Crippen LogP contribution in [0.3, 0.4) is 0 Å². The Hall–Kier alpha value is -5.55. The number of hydrogen-bond acceptors (Lipinski definition) is 11. The van der Waals surface area contributed by atoms with E-state index in [0.717, 1.165) is 68.1 Å². The molecule has 15 nitrogen and oxygen atoms in total. The number of nitriles is 1. The molecule has 3 unspecified atom stereocenters. The lowest BCUT2D eigenvalue weighted by Crippen LogP contribution is -2.49. The molecule has 3 atom stereocenters. The summed E-state index contributed by atoms with van der Waals surface area (Å²) in [5.41, 5.74) is 0.156. The summed E-state index contributed by atoms with van der Waals surface area (Å²) in [7, 11) is -4.24. The highest BCUT2D eigenvalue weighted by Gasteiger charge is 2.45. The molecule has 4 saturated heterocycles. The molecule has 0 bridgehead atoms. The number of halogens is 3. The molecule has 3 N–H and O–H groups in total. The third-order valence-corrected chi connectivity index (χ3v) is 14.9. The minimum atomic E-state index is -4.24. The fourth-order valence-electron chi connectivity index (χ4n) is 9.90. The number of benzene rings is 3. The van der Waals surface area contributed by atoms with E-state index in [1.807, 2.05) is 0 Å². The number of amides is 2. The highest BCUT2D eigenvalue weighted by Crippen LogP contribution is 2.43. The van der Waals surface area contributed by atoms with Crippen molar-refractivity contribution in [3.05, 3.63) is 88.0 Å². The van der Waals surface area contributed by atoms with Crippen LogP contribution in [0.2, 0.25) is 0 Å². The number of nitrogens with one attached hydrogen (secondary N) is 3. The lowest BCUT2D eigenvalue weighted by Gasteiger charge is -2.44. The van der Waals surface area contributed by atoms with Crippen LogP contribution >= 0.6 is 0 Å². The second kappa shape index (κ2) is 17.2. The van der Waals surface area contributed by atoms with Gasteiger partial charge in [-0.1, -0.05) is 6.07 Å². The van der Waals surface area contributed by atoms with E-state index >= 15 is 8.78 Å². The van der Waals surface area contributed by atoms with Gasteiger partial charge in [0.05, 0.1) is 41.2 Å². The normalized spacial score (nSPS) is 25.5. The summed E-state index contributed by atoms with van der Waals surface area (Å²) in [5, 5.41) is 15.5. The van der Waals surface area contributed by atoms with Gasteiger partial charge in [-0.3, -0.25) is 29.0 Å². The number of rotatable bonds is 10. The van der Waals surface area contributed by atoms with E-state index in [-0.39, 0.29) is 72.0 Å². The molecule has 1 saturated carbocycles. The largest absolute Gasteiger partial charge is 0.453 e. The van der Waals surface area contributed by atoms with Crippen LogP contribution in [0, 0.1) is 23.0 Å². The summed E-state index contributed by atoms with van der Waals surface area (Å²) < 4.78 is 87.2. The maximum atomic E-state index is 15.4. The number of aromatic nitrogens is 2. The van der Waals surface area contributed by atoms with Gasteiger partial charge in [0.25, 0.3) is 5.56 Å². The number of fused-ring (bicyclic) bond motifs is 1. The average Bonchev–Trinajstić information content (AvgIpc) is 3.90. The molecular weight excluding hydrogens is 842 g/mol. The van der Waals surface area contributed by atoms with Crippen LogP contribution in [-0.2, 0) is 24.5 Å². The predicted molar refractivity (Wildman–Crippen MR) is 225 cm³/mol. The zero-order valence-electron chi connectivity index (χ0n) is 34.3. The number of carbonyl (C=O) groups is 2. The van der Waals surface area contributed by atoms with Crippen molar-refractivity contribution in [2.45, 2.75) is 100 Å². The average molecular weight is 889 g/mol. The first-order chi connectivity index (χ1) is 30.3. The number of alkyl halides is 1. The van der Waals surface area contributed by atoms with Crippen molar-refractivity contribution in [3.63, 3.8) is 0 Å². The van der Waals surface area contributed by atoms with Crippen LogP contribution in [0.4, 0.5) is 24.5 Å². The van der Waals surface area contributed by atoms with Gasteiger partial charge in [-0.25, -0.2) is 18.2 Å². The molecule has 19 heteroatoms. The first kappa shape index (κ1) is 42.7. The van der Waals surface area contributed by atoms with E-state index in [1.54, 1.807) is 28.8 Å². The van der Waals surface area contributed by atoms with Crippen LogP contribution < -0.4 is 25.7 Å². The molecule has 5 aliphatic rings. The van der Waals surface area contributed by atoms with Gasteiger partial charge < -0.3 is 19.7 Å². The Labute approximate surface area is 361 Å². The SMILES string of the molecule is N#Cc1c(NS(=O)(=O)N2CCC(F)C2)ccc(F)c1Oc1ccc2ncn(C3COC4(CCN(C5CCC(c6ccc(NC7CCC(=O)NC7=O)cc6F)CC5)CC4)C3)c(=O)c2c1. The van der Waals surface area contributed by atoms with Gasteiger partial charge in [-0.05, 0) is 112 Å². The number of ether oxygens (including phenoxy) is 2. The van der Waals surface area contributed by atoms with Crippen LogP contribution in [0.5, 0.6) is 11.5 Å². The summed E-state index contributed by atoms with van der Waals surface area (Å²) in [6.45, 7) is 1.62. The van der Waals surface area contributed by atoms with Crippen molar-refractivity contribution >= 4 is 44.3 Å². The van der Waals surface area contributed by atoms with Crippen LogP contribution in [0.15, 0.2) is 59.7 Å². The highest BCUT2D eigenvalue weighted by molar-refractivity contribution is 7.90. The molecule has 5 fully saturated rings. The molecule has 1 spiro atoms. The topological polar surface area (TPSA) is 188 Å². The summed E-state index contributed by atoms with van der Waals surface area (Å²) in [6.07, 6.45) is 6.65. The Kier molecular flexibility index (Phi) is 11.7. The fourth-order valence-corrected chi connectivity index (χ4v) is 11.2. The minimum Gasteiger partial charge on any atom is -0.453 e. The molecule has 4 aromatic rings. The number of carbonyl (C=O) groups excluding carboxylic acids is 2. The highest BCUT2D eigenvalue weighted by atomic mass is 32.2. The number of piperidine rings is 2. The van der Waals surface area contributed by atoms with Crippen molar-refractivity contribution in [1.82, 2.24) is 24.1 Å². The van der Waals surface area contributed by atoms with Gasteiger partial charge in [0, 0.05) is 44.3 Å². The van der Waals surface area contributed by atoms with E-state index in [1.165, 1.54) is 24.5 Å². The zero-order valence-corrected chi connectivity index (χ0v) is 35.1. The van der Waals surface area contributed by atoms with E-state index in [2.05, 4.69) is 25.2 Å². The van der Waals surface area contributed by atoms with Crippen molar-refractivity contribution in [2.24, 2.45) is 0 Å². The lowest BCUT2D eigenvalue weighted by molar-refractivity contribution is -0.133. The van der Waals surface area contributed by atoms with Crippen LogP contribution in [-0.4, -0.2) is 95.6 Å². The van der Waals surface area contributed by atoms with E-state index in [0.29, 0.717) is 42.3 Å². The van der Waals surface area contributed by atoms with E-state index in [9.17, 15) is 32.5 Å². The van der Waals surface area contributed by atoms with Gasteiger partial charge in [-0.2, -0.15) is 18.0 Å². The Morgan fingerprint density at radius 3 is 2.44 bits per heavy atom. The molecule has 9 rings (SSSR count).